The Balaban J connectivity index is 0. The summed E-state index contributed by atoms with van der Waals surface area (Å²) in [6.07, 6.45) is 0. The van der Waals surface area contributed by atoms with Crippen molar-refractivity contribution in [2.75, 3.05) is 13.1 Å². The monoisotopic (exact) mass is 187 g/mol. The molecule has 0 saturated carbocycles. The standard InChI is InChI=1S/C5H12N2S2.Na/c1-3-7(4-2)9-5(6)8;/h3-4H2,1-2H3,(H2,6,8);. The smallest absolute Gasteiger partial charge is 0.146 e. The van der Waals surface area contributed by atoms with Crippen LogP contribution in [-0.4, -0.2) is 51.3 Å². The molecule has 0 aromatic rings. The first-order chi connectivity index (χ1) is 4.20. The Morgan fingerprint density at radius 2 is 1.90 bits per heavy atom. The molecule has 2 nitrogen and oxygen atoms in total. The number of thiocarbonyl (C=S) groups is 1. The minimum Gasteiger partial charge on any atom is -0.384 e. The number of nitrogens with zero attached hydrogens (tertiary/aromatic N) is 1. The Kier molecular flexibility index (Phi) is 11.4. The molecule has 0 aromatic heterocycles. The van der Waals surface area contributed by atoms with E-state index in [-0.39, 0.29) is 29.6 Å². The molecule has 0 atom stereocenters. The normalized spacial score (nSPS) is 9.10. The zero-order valence-electron chi connectivity index (χ0n) is 6.76. The van der Waals surface area contributed by atoms with Crippen molar-refractivity contribution < 1.29 is 0 Å². The van der Waals surface area contributed by atoms with Crippen LogP contribution in [0.5, 0.6) is 0 Å². The zero-order chi connectivity index (χ0) is 7.28. The second-order valence-electron chi connectivity index (χ2n) is 1.52. The second-order valence-corrected chi connectivity index (χ2v) is 3.36. The van der Waals surface area contributed by atoms with E-state index in [1.54, 1.807) is 0 Å². The van der Waals surface area contributed by atoms with Crippen molar-refractivity contribution in [1.82, 2.24) is 4.31 Å². The molecule has 5 heteroatoms. The first-order valence-electron chi connectivity index (χ1n) is 2.93. The molecule has 2 N–H and O–H groups in total. The molecule has 0 aliphatic heterocycles. The van der Waals surface area contributed by atoms with Gasteiger partial charge < -0.3 is 5.73 Å². The molecule has 0 bridgehead atoms. The molecule has 0 aliphatic carbocycles. The van der Waals surface area contributed by atoms with Crippen LogP contribution in [0.3, 0.4) is 0 Å². The molecule has 0 rings (SSSR count). The van der Waals surface area contributed by atoms with Crippen LogP contribution in [0.25, 0.3) is 0 Å². The molecule has 10 heavy (non-hydrogen) atoms. The first kappa shape index (κ1) is 13.8. The fourth-order valence-corrected chi connectivity index (χ4v) is 1.31. The molecular weight excluding hydrogens is 175 g/mol. The van der Waals surface area contributed by atoms with Gasteiger partial charge in [-0.15, -0.1) is 0 Å². The summed E-state index contributed by atoms with van der Waals surface area (Å²) < 4.78 is 2.60. The van der Waals surface area contributed by atoms with E-state index in [1.807, 2.05) is 0 Å². The summed E-state index contributed by atoms with van der Waals surface area (Å²) >= 11 is 6.15. The van der Waals surface area contributed by atoms with E-state index in [0.717, 1.165) is 13.1 Å². The number of hydrogen-bond donors (Lipinski definition) is 1. The SMILES string of the molecule is CCN(CC)SC(N)=S.[Na]. The van der Waals surface area contributed by atoms with Gasteiger partial charge in [-0.05, 0) is 11.9 Å². The van der Waals surface area contributed by atoms with Crippen LogP contribution in [0.1, 0.15) is 13.8 Å². The van der Waals surface area contributed by atoms with Crippen molar-refractivity contribution in [3.8, 4) is 0 Å². The van der Waals surface area contributed by atoms with Crippen LogP contribution in [-0.2, 0) is 0 Å². The van der Waals surface area contributed by atoms with E-state index in [1.165, 1.54) is 11.9 Å². The summed E-state index contributed by atoms with van der Waals surface area (Å²) in [5.41, 5.74) is 5.30. The first-order valence-corrected chi connectivity index (χ1v) is 4.11. The average Bonchev–Trinajstić information content (AvgIpc) is 1.82. The summed E-state index contributed by atoms with van der Waals surface area (Å²) in [7, 11) is 0. The van der Waals surface area contributed by atoms with Gasteiger partial charge in [0.1, 0.15) is 4.32 Å². The minimum absolute atomic E-state index is 0. The van der Waals surface area contributed by atoms with Crippen molar-refractivity contribution in [2.45, 2.75) is 13.8 Å². The maximum absolute atomic E-state index is 5.30. The fraction of sp³-hybridized carbons (Fsp3) is 0.800. The largest absolute Gasteiger partial charge is 0.384 e. The molecular formula is C5H12N2NaS2. The summed E-state index contributed by atoms with van der Waals surface area (Å²) in [5.74, 6) is 0. The van der Waals surface area contributed by atoms with E-state index in [2.05, 4.69) is 18.2 Å². The number of hydrogen-bond acceptors (Lipinski definition) is 3. The maximum Gasteiger partial charge on any atom is 0.146 e. The fourth-order valence-electron chi connectivity index (χ4n) is 0.480. The van der Waals surface area contributed by atoms with E-state index in [0.29, 0.717) is 4.32 Å². The van der Waals surface area contributed by atoms with Crippen LogP contribution in [0, 0.1) is 0 Å². The third-order valence-corrected chi connectivity index (χ3v) is 2.10. The van der Waals surface area contributed by atoms with E-state index >= 15 is 0 Å². The number of rotatable bonds is 3. The van der Waals surface area contributed by atoms with Crippen molar-refractivity contribution in [1.29, 1.82) is 0 Å². The Labute approximate surface area is 94.3 Å². The van der Waals surface area contributed by atoms with Gasteiger partial charge in [-0.25, -0.2) is 4.31 Å². The van der Waals surface area contributed by atoms with Crippen molar-refractivity contribution in [2.24, 2.45) is 5.73 Å². The molecule has 0 heterocycles. The molecule has 0 fully saturated rings. The summed E-state index contributed by atoms with van der Waals surface area (Å²) in [6, 6.07) is 0. The number of nitrogens with two attached hydrogens (primary N) is 1. The van der Waals surface area contributed by atoms with Gasteiger partial charge in [0.15, 0.2) is 0 Å². The van der Waals surface area contributed by atoms with E-state index < -0.39 is 0 Å². The molecule has 1 radical (unpaired) electrons. The molecule has 55 valence electrons. The molecule has 0 aromatic carbocycles. The van der Waals surface area contributed by atoms with Crippen molar-refractivity contribution in [3.05, 3.63) is 0 Å². The van der Waals surface area contributed by atoms with Gasteiger partial charge in [0.2, 0.25) is 0 Å². The van der Waals surface area contributed by atoms with Crippen LogP contribution >= 0.6 is 24.2 Å². The van der Waals surface area contributed by atoms with Gasteiger partial charge in [0, 0.05) is 42.6 Å². The quantitative estimate of drug-likeness (QED) is 0.403. The molecule has 0 unspecified atom stereocenters. The Hall–Kier alpha value is 1.20. The van der Waals surface area contributed by atoms with Crippen LogP contribution in [0.2, 0.25) is 0 Å². The van der Waals surface area contributed by atoms with Gasteiger partial charge in [-0.2, -0.15) is 0 Å². The van der Waals surface area contributed by atoms with E-state index in [9.17, 15) is 0 Å². The Morgan fingerprint density at radius 3 is 2.00 bits per heavy atom. The van der Waals surface area contributed by atoms with Gasteiger partial charge in [-0.1, -0.05) is 26.1 Å². The predicted molar refractivity (Wildman–Crippen MR) is 53.1 cm³/mol. The second kappa shape index (κ2) is 8.30. The van der Waals surface area contributed by atoms with Gasteiger partial charge in [0.25, 0.3) is 0 Å². The Bertz CT molecular complexity index is 95.6. The topological polar surface area (TPSA) is 29.3 Å². The Morgan fingerprint density at radius 1 is 1.50 bits per heavy atom. The third-order valence-electron chi connectivity index (χ3n) is 0.924. The van der Waals surface area contributed by atoms with Crippen molar-refractivity contribution >= 4 is 58.0 Å². The van der Waals surface area contributed by atoms with Gasteiger partial charge in [0.05, 0.1) is 0 Å². The van der Waals surface area contributed by atoms with Gasteiger partial charge >= 0.3 is 0 Å². The maximum atomic E-state index is 5.30. The average molecular weight is 187 g/mol. The zero-order valence-corrected chi connectivity index (χ0v) is 10.4. The molecule has 0 spiro atoms. The summed E-state index contributed by atoms with van der Waals surface area (Å²) in [4.78, 5) is 0. The molecule has 0 saturated heterocycles. The van der Waals surface area contributed by atoms with Crippen molar-refractivity contribution in [3.63, 3.8) is 0 Å². The van der Waals surface area contributed by atoms with Crippen LogP contribution in [0.4, 0.5) is 0 Å². The minimum atomic E-state index is 0. The molecule has 0 aliphatic rings. The van der Waals surface area contributed by atoms with Crippen LogP contribution in [0.15, 0.2) is 0 Å². The third kappa shape index (κ3) is 7.31. The predicted octanol–water partition coefficient (Wildman–Crippen LogP) is 0.839. The molecule has 0 amide bonds. The summed E-state index contributed by atoms with van der Waals surface area (Å²) in [5, 5.41) is 0. The van der Waals surface area contributed by atoms with Gasteiger partial charge in [-0.3, -0.25) is 0 Å². The van der Waals surface area contributed by atoms with Crippen LogP contribution < -0.4 is 5.73 Å². The summed E-state index contributed by atoms with van der Waals surface area (Å²) in [6.45, 7) is 6.13. The van der Waals surface area contributed by atoms with E-state index in [4.69, 9.17) is 18.0 Å².